The van der Waals surface area contributed by atoms with E-state index in [0.29, 0.717) is 42.9 Å². The number of aromatic nitrogens is 2. The van der Waals surface area contributed by atoms with Gasteiger partial charge in [0, 0.05) is 29.3 Å². The summed E-state index contributed by atoms with van der Waals surface area (Å²) in [6, 6.07) is 2.46. The van der Waals surface area contributed by atoms with Crippen molar-refractivity contribution < 1.29 is 27.5 Å². The van der Waals surface area contributed by atoms with Gasteiger partial charge in [0.1, 0.15) is 0 Å². The topological polar surface area (TPSA) is 93.5 Å². The molecule has 2 aliphatic rings. The minimum atomic E-state index is -4.70. The molecule has 1 amide bonds. The molecule has 1 aliphatic heterocycles. The van der Waals surface area contributed by atoms with Crippen LogP contribution in [0.4, 0.5) is 19.1 Å². The molecule has 0 unspecified atom stereocenters. The van der Waals surface area contributed by atoms with Crippen LogP contribution in [0.15, 0.2) is 23.0 Å². The van der Waals surface area contributed by atoms with Crippen molar-refractivity contribution in [3.8, 4) is 0 Å². The van der Waals surface area contributed by atoms with Gasteiger partial charge in [-0.2, -0.15) is 13.2 Å². The number of rotatable bonds is 5. The number of fused-ring (bicyclic) bond motifs is 1. The maximum absolute atomic E-state index is 13.8. The zero-order chi connectivity index (χ0) is 28.6. The van der Waals surface area contributed by atoms with Crippen molar-refractivity contribution in [1.29, 1.82) is 0 Å². The van der Waals surface area contributed by atoms with Crippen molar-refractivity contribution in [2.45, 2.75) is 83.7 Å². The number of nitrogens with one attached hydrogen (secondary N) is 1. The summed E-state index contributed by atoms with van der Waals surface area (Å²) in [6.45, 7) is 5.58. The molecule has 4 rings (SSSR count). The average molecular weight is 569 g/mol. The maximum Gasteiger partial charge on any atom is 0.417 e. The number of nitrogens with zero attached hydrogens (tertiary/aromatic N) is 3. The summed E-state index contributed by atoms with van der Waals surface area (Å²) in [5.74, 6) is -0.658. The molecule has 1 aromatic heterocycles. The molecule has 2 heterocycles. The molecule has 212 valence electrons. The highest BCUT2D eigenvalue weighted by Gasteiger charge is 2.37. The molecule has 1 saturated carbocycles. The molecule has 39 heavy (non-hydrogen) atoms. The number of ether oxygens (including phenoxy) is 1. The van der Waals surface area contributed by atoms with Crippen LogP contribution in [0.5, 0.6) is 0 Å². The molecule has 0 bridgehead atoms. The summed E-state index contributed by atoms with van der Waals surface area (Å²) in [5.41, 5.74) is -0.513. The molecule has 8 nitrogen and oxygen atoms in total. The number of benzene rings is 1. The second-order valence-corrected chi connectivity index (χ2v) is 10.9. The lowest BCUT2D eigenvalue weighted by molar-refractivity contribution is -0.146. The van der Waals surface area contributed by atoms with Crippen LogP contribution in [0.1, 0.15) is 79.7 Å². The number of halogens is 4. The number of hydrogen-bond donors (Lipinski definition) is 1. The van der Waals surface area contributed by atoms with E-state index in [1.807, 2.05) is 13.8 Å². The Hall–Kier alpha value is -3.08. The van der Waals surface area contributed by atoms with E-state index in [2.05, 4.69) is 5.32 Å². The number of carbonyl (C=O) groups excluding carboxylic acids is 2. The molecule has 2 aromatic rings. The number of esters is 1. The van der Waals surface area contributed by atoms with Crippen molar-refractivity contribution in [3.63, 3.8) is 0 Å². The summed E-state index contributed by atoms with van der Waals surface area (Å²) in [7, 11) is 1.37. The predicted molar refractivity (Wildman–Crippen MR) is 140 cm³/mol. The van der Waals surface area contributed by atoms with Gasteiger partial charge in [0.25, 0.3) is 11.5 Å². The van der Waals surface area contributed by atoms with Gasteiger partial charge in [0.2, 0.25) is 5.95 Å². The zero-order valence-corrected chi connectivity index (χ0v) is 23.0. The van der Waals surface area contributed by atoms with E-state index in [4.69, 9.17) is 21.3 Å². The first-order chi connectivity index (χ1) is 18.3. The SMILES string of the molecule is COC(=O)C1CCC(n2c(NC(C)C)nc3c(c2=O)C[C@@H](C)N(C(=O)c2ccc(Cl)c(C(F)(F)F)c2)C3)CC1. The molecule has 1 fully saturated rings. The summed E-state index contributed by atoms with van der Waals surface area (Å²) >= 11 is 5.73. The Morgan fingerprint density at radius 2 is 1.85 bits per heavy atom. The van der Waals surface area contributed by atoms with Crippen molar-refractivity contribution in [3.05, 3.63) is 56.0 Å². The smallest absolute Gasteiger partial charge is 0.417 e. The molecule has 12 heteroatoms. The molecular weight excluding hydrogens is 537 g/mol. The maximum atomic E-state index is 13.8. The van der Waals surface area contributed by atoms with Crippen LogP contribution in [-0.4, -0.2) is 45.5 Å². The number of alkyl halides is 3. The first-order valence-corrected chi connectivity index (χ1v) is 13.4. The fraction of sp³-hybridized carbons (Fsp3) is 0.556. The normalized spacial score (nSPS) is 21.5. The van der Waals surface area contributed by atoms with Crippen molar-refractivity contribution in [1.82, 2.24) is 14.5 Å². The fourth-order valence-electron chi connectivity index (χ4n) is 5.42. The highest BCUT2D eigenvalue weighted by Crippen LogP contribution is 2.37. The van der Waals surface area contributed by atoms with Gasteiger partial charge in [-0.1, -0.05) is 11.6 Å². The molecule has 0 spiro atoms. The third-order valence-corrected chi connectivity index (χ3v) is 7.77. The number of carbonyl (C=O) groups is 2. The summed E-state index contributed by atoms with van der Waals surface area (Å²) in [4.78, 5) is 45.3. The first-order valence-electron chi connectivity index (χ1n) is 13.0. The third-order valence-electron chi connectivity index (χ3n) is 7.44. The lowest BCUT2D eigenvalue weighted by Gasteiger charge is -2.36. The van der Waals surface area contributed by atoms with E-state index in [-0.39, 0.29) is 48.1 Å². The number of anilines is 1. The minimum Gasteiger partial charge on any atom is -0.469 e. The number of hydrogen-bond acceptors (Lipinski definition) is 6. The van der Waals surface area contributed by atoms with E-state index < -0.39 is 28.7 Å². The van der Waals surface area contributed by atoms with Gasteiger partial charge in [-0.15, -0.1) is 0 Å². The standard InChI is InChI=1S/C27H32ClF3N4O4/c1-14(2)32-26-33-22-13-34(23(36)17-7-10-21(28)20(12-17)27(29,30)31)15(3)11-19(22)24(37)35(26)18-8-5-16(6-9-18)25(38)39-4/h7,10,12,14-16,18H,5-6,8-9,11,13H2,1-4H3,(H,32,33)/t15-,16?,18?/m1/s1. The van der Waals surface area contributed by atoms with Gasteiger partial charge in [-0.3, -0.25) is 19.0 Å². The van der Waals surface area contributed by atoms with E-state index in [9.17, 15) is 27.6 Å². The minimum absolute atomic E-state index is 0.0166. The van der Waals surface area contributed by atoms with Gasteiger partial charge in [0.05, 0.1) is 35.9 Å². The summed E-state index contributed by atoms with van der Waals surface area (Å²) in [6.07, 6.45) is -2.06. The van der Waals surface area contributed by atoms with Crippen LogP contribution in [0.25, 0.3) is 0 Å². The molecule has 0 saturated heterocycles. The van der Waals surface area contributed by atoms with E-state index in [1.165, 1.54) is 18.1 Å². The molecular formula is C27H32ClF3N4O4. The second kappa shape index (κ2) is 11.2. The lowest BCUT2D eigenvalue weighted by atomic mass is 9.85. The lowest BCUT2D eigenvalue weighted by Crippen LogP contribution is -2.47. The van der Waals surface area contributed by atoms with Crippen LogP contribution >= 0.6 is 11.6 Å². The third kappa shape index (κ3) is 5.92. The Morgan fingerprint density at radius 1 is 1.18 bits per heavy atom. The zero-order valence-electron chi connectivity index (χ0n) is 22.3. The summed E-state index contributed by atoms with van der Waals surface area (Å²) in [5, 5.41) is 2.76. The second-order valence-electron chi connectivity index (χ2n) is 10.5. The Bertz CT molecular complexity index is 1320. The highest BCUT2D eigenvalue weighted by atomic mass is 35.5. The Kier molecular flexibility index (Phi) is 8.30. The van der Waals surface area contributed by atoms with Gasteiger partial charge < -0.3 is 15.0 Å². The molecule has 0 radical (unpaired) electrons. The van der Waals surface area contributed by atoms with Crippen molar-refractivity contribution >= 4 is 29.4 Å². The number of methoxy groups -OCH3 is 1. The predicted octanol–water partition coefficient (Wildman–Crippen LogP) is 5.23. The number of amides is 1. The molecule has 1 N–H and O–H groups in total. The van der Waals surface area contributed by atoms with Crippen LogP contribution in [0.2, 0.25) is 5.02 Å². The quantitative estimate of drug-likeness (QED) is 0.497. The Balaban J connectivity index is 1.67. The average Bonchev–Trinajstić information content (AvgIpc) is 2.87. The monoisotopic (exact) mass is 568 g/mol. The van der Waals surface area contributed by atoms with Gasteiger partial charge in [-0.25, -0.2) is 4.98 Å². The van der Waals surface area contributed by atoms with Crippen LogP contribution in [0.3, 0.4) is 0 Å². The fourth-order valence-corrected chi connectivity index (χ4v) is 5.65. The largest absolute Gasteiger partial charge is 0.469 e. The van der Waals surface area contributed by atoms with E-state index in [0.717, 1.165) is 12.1 Å². The highest BCUT2D eigenvalue weighted by molar-refractivity contribution is 6.31. The Morgan fingerprint density at radius 3 is 2.44 bits per heavy atom. The van der Waals surface area contributed by atoms with Crippen molar-refractivity contribution in [2.75, 3.05) is 12.4 Å². The Labute approximate surface area is 229 Å². The molecule has 1 atom stereocenters. The van der Waals surface area contributed by atoms with E-state index >= 15 is 0 Å². The molecule has 1 aromatic carbocycles. The van der Waals surface area contributed by atoms with Gasteiger partial charge in [0.15, 0.2) is 0 Å². The van der Waals surface area contributed by atoms with Crippen LogP contribution in [0, 0.1) is 5.92 Å². The van der Waals surface area contributed by atoms with E-state index in [1.54, 1.807) is 11.5 Å². The van der Waals surface area contributed by atoms with Crippen LogP contribution in [-0.2, 0) is 28.7 Å². The van der Waals surface area contributed by atoms with Gasteiger partial charge in [-0.05, 0) is 71.1 Å². The molecule has 1 aliphatic carbocycles. The van der Waals surface area contributed by atoms with Crippen LogP contribution < -0.4 is 10.9 Å². The first kappa shape index (κ1) is 28.9. The summed E-state index contributed by atoms with van der Waals surface area (Å²) < 4.78 is 46.7. The van der Waals surface area contributed by atoms with Gasteiger partial charge >= 0.3 is 12.1 Å². The van der Waals surface area contributed by atoms with Crippen molar-refractivity contribution in [2.24, 2.45) is 5.92 Å².